The summed E-state index contributed by atoms with van der Waals surface area (Å²) in [5.41, 5.74) is 2.80. The second-order valence-electron chi connectivity index (χ2n) is 6.23. The second kappa shape index (κ2) is 7.79. The van der Waals surface area contributed by atoms with Crippen LogP contribution in [0.25, 0.3) is 11.3 Å². The number of hydrogen-bond donors (Lipinski definition) is 1. The van der Waals surface area contributed by atoms with E-state index in [1.54, 1.807) is 18.5 Å². The van der Waals surface area contributed by atoms with Gasteiger partial charge in [0.05, 0.1) is 12.3 Å². The molecule has 1 atom stereocenters. The largest absolute Gasteiger partial charge is 0.490 e. The Morgan fingerprint density at radius 1 is 1.30 bits per heavy atom. The maximum absolute atomic E-state index is 12.0. The number of nitrogens with zero attached hydrogens (tertiary/aromatic N) is 3. The van der Waals surface area contributed by atoms with E-state index < -0.39 is 0 Å². The van der Waals surface area contributed by atoms with Crippen LogP contribution in [0.3, 0.4) is 0 Å². The highest BCUT2D eigenvalue weighted by Gasteiger charge is 2.20. The molecular weight excluding hydrogens is 364 g/mol. The first kappa shape index (κ1) is 17.5. The van der Waals surface area contributed by atoms with Gasteiger partial charge < -0.3 is 14.6 Å². The molecule has 2 aromatic heterocycles. The van der Waals surface area contributed by atoms with Crippen molar-refractivity contribution in [1.82, 2.24) is 20.4 Å². The molecule has 8 heteroatoms. The molecule has 7 nitrogen and oxygen atoms in total. The van der Waals surface area contributed by atoms with Crippen LogP contribution in [0.5, 0.6) is 5.75 Å². The zero-order valence-corrected chi connectivity index (χ0v) is 15.5. The van der Waals surface area contributed by atoms with Crippen LogP contribution in [0, 0.1) is 0 Å². The van der Waals surface area contributed by atoms with Crippen LogP contribution in [0.2, 0.25) is 0 Å². The standard InChI is InChI=1S/C19H18N4O3S/c1-12-7-14-8-13(3-4-16(14)25-12)17-9-15(23-26-17)10-22-18(24)11-27-19-20-5-2-6-21-19/h2-6,8-9,12H,7,10-11H2,1H3,(H,22,24)/t12-/m1/s1. The molecule has 3 aromatic rings. The number of carbonyl (C=O) groups is 1. The van der Waals surface area contributed by atoms with Crippen LogP contribution in [0.4, 0.5) is 0 Å². The van der Waals surface area contributed by atoms with Gasteiger partial charge in [0.1, 0.15) is 17.5 Å². The van der Waals surface area contributed by atoms with Crippen molar-refractivity contribution < 1.29 is 14.1 Å². The van der Waals surface area contributed by atoms with E-state index in [1.807, 2.05) is 18.2 Å². The highest BCUT2D eigenvalue weighted by molar-refractivity contribution is 7.99. The van der Waals surface area contributed by atoms with Crippen molar-refractivity contribution in [2.24, 2.45) is 0 Å². The Bertz CT molecular complexity index is 945. The minimum absolute atomic E-state index is 0.110. The molecular formula is C19H18N4O3S. The lowest BCUT2D eigenvalue weighted by Crippen LogP contribution is -2.24. The molecule has 3 heterocycles. The molecule has 0 radical (unpaired) electrons. The molecule has 1 aliphatic heterocycles. The van der Waals surface area contributed by atoms with Crippen LogP contribution < -0.4 is 10.1 Å². The molecule has 0 spiro atoms. The van der Waals surface area contributed by atoms with E-state index in [2.05, 4.69) is 33.4 Å². The zero-order chi connectivity index (χ0) is 18.6. The number of amides is 1. The average molecular weight is 382 g/mol. The van der Waals surface area contributed by atoms with E-state index in [0.717, 1.165) is 17.7 Å². The topological polar surface area (TPSA) is 90.1 Å². The summed E-state index contributed by atoms with van der Waals surface area (Å²) in [7, 11) is 0. The summed E-state index contributed by atoms with van der Waals surface area (Å²) in [6, 6.07) is 9.56. The third kappa shape index (κ3) is 4.28. The maximum Gasteiger partial charge on any atom is 0.230 e. The number of nitrogens with one attached hydrogen (secondary N) is 1. The third-order valence-electron chi connectivity index (χ3n) is 4.08. The molecule has 0 saturated carbocycles. The van der Waals surface area contributed by atoms with E-state index >= 15 is 0 Å². The van der Waals surface area contributed by atoms with E-state index in [-0.39, 0.29) is 17.8 Å². The summed E-state index contributed by atoms with van der Waals surface area (Å²) in [4.78, 5) is 20.1. The van der Waals surface area contributed by atoms with Crippen LogP contribution in [0.15, 0.2) is 52.4 Å². The molecule has 0 fully saturated rings. The number of thioether (sulfide) groups is 1. The number of ether oxygens (including phenoxy) is 1. The van der Waals surface area contributed by atoms with Crippen molar-refractivity contribution in [1.29, 1.82) is 0 Å². The lowest BCUT2D eigenvalue weighted by molar-refractivity contribution is -0.118. The molecule has 0 unspecified atom stereocenters. The Kier molecular flexibility index (Phi) is 5.06. The van der Waals surface area contributed by atoms with Crippen LogP contribution in [-0.2, 0) is 17.8 Å². The number of aromatic nitrogens is 3. The fourth-order valence-electron chi connectivity index (χ4n) is 2.84. The van der Waals surface area contributed by atoms with Gasteiger partial charge in [0.15, 0.2) is 10.9 Å². The van der Waals surface area contributed by atoms with Gasteiger partial charge in [-0.3, -0.25) is 4.79 Å². The number of hydrogen-bond acceptors (Lipinski definition) is 7. The molecule has 0 saturated heterocycles. The highest BCUT2D eigenvalue weighted by atomic mass is 32.2. The predicted molar refractivity (Wildman–Crippen MR) is 100 cm³/mol. The van der Waals surface area contributed by atoms with Crippen molar-refractivity contribution in [3.05, 3.63) is 54.0 Å². The van der Waals surface area contributed by atoms with Crippen LogP contribution >= 0.6 is 11.8 Å². The smallest absolute Gasteiger partial charge is 0.230 e. The molecule has 138 valence electrons. The third-order valence-corrected chi connectivity index (χ3v) is 4.96. The summed E-state index contributed by atoms with van der Waals surface area (Å²) in [6.07, 6.45) is 4.39. The summed E-state index contributed by atoms with van der Waals surface area (Å²) in [5, 5.41) is 7.44. The summed E-state index contributed by atoms with van der Waals surface area (Å²) >= 11 is 1.29. The Morgan fingerprint density at radius 2 is 2.15 bits per heavy atom. The molecule has 1 amide bonds. The van der Waals surface area contributed by atoms with Crippen molar-refractivity contribution in [3.8, 4) is 17.1 Å². The van der Waals surface area contributed by atoms with Gasteiger partial charge in [-0.15, -0.1) is 0 Å². The van der Waals surface area contributed by atoms with Gasteiger partial charge in [-0.25, -0.2) is 9.97 Å². The fourth-order valence-corrected chi connectivity index (χ4v) is 3.47. The predicted octanol–water partition coefficient (Wildman–Crippen LogP) is 2.86. The van der Waals surface area contributed by atoms with Crippen molar-refractivity contribution in [2.75, 3.05) is 5.75 Å². The Hall–Kier alpha value is -2.87. The molecule has 27 heavy (non-hydrogen) atoms. The normalized spacial score (nSPS) is 15.2. The van der Waals surface area contributed by atoms with Gasteiger partial charge in [-0.2, -0.15) is 0 Å². The number of benzene rings is 1. The molecule has 0 bridgehead atoms. The molecule has 4 rings (SSSR count). The number of fused-ring (bicyclic) bond motifs is 1. The van der Waals surface area contributed by atoms with E-state index in [4.69, 9.17) is 9.26 Å². The minimum atomic E-state index is -0.110. The quantitative estimate of drug-likeness (QED) is 0.518. The SMILES string of the molecule is C[C@@H]1Cc2cc(-c3cc(CNC(=O)CSc4ncccn4)no3)ccc2O1. The lowest BCUT2D eigenvalue weighted by Gasteiger charge is -2.02. The Labute approximate surface area is 160 Å². The van der Waals surface area contributed by atoms with Gasteiger partial charge in [0.2, 0.25) is 5.91 Å². The Morgan fingerprint density at radius 3 is 3.00 bits per heavy atom. The van der Waals surface area contributed by atoms with Crippen molar-refractivity contribution in [2.45, 2.75) is 31.1 Å². The van der Waals surface area contributed by atoms with Crippen LogP contribution in [-0.4, -0.2) is 32.9 Å². The first-order chi connectivity index (χ1) is 13.2. The van der Waals surface area contributed by atoms with Gasteiger partial charge in [-0.05, 0) is 36.8 Å². The van der Waals surface area contributed by atoms with E-state index in [9.17, 15) is 4.79 Å². The maximum atomic E-state index is 12.0. The Balaban J connectivity index is 1.32. The van der Waals surface area contributed by atoms with Gasteiger partial charge in [0.25, 0.3) is 0 Å². The van der Waals surface area contributed by atoms with E-state index in [1.165, 1.54) is 17.3 Å². The number of carbonyl (C=O) groups excluding carboxylic acids is 1. The van der Waals surface area contributed by atoms with Crippen LogP contribution in [0.1, 0.15) is 18.2 Å². The second-order valence-corrected chi connectivity index (χ2v) is 7.18. The summed E-state index contributed by atoms with van der Waals surface area (Å²) < 4.78 is 11.1. The van der Waals surface area contributed by atoms with Gasteiger partial charge in [0, 0.05) is 30.4 Å². The zero-order valence-electron chi connectivity index (χ0n) is 14.7. The minimum Gasteiger partial charge on any atom is -0.490 e. The van der Waals surface area contributed by atoms with E-state index in [0.29, 0.717) is 23.2 Å². The van der Waals surface area contributed by atoms with Crippen molar-refractivity contribution in [3.63, 3.8) is 0 Å². The first-order valence-electron chi connectivity index (χ1n) is 8.59. The molecule has 1 aliphatic rings. The monoisotopic (exact) mass is 382 g/mol. The summed E-state index contributed by atoms with van der Waals surface area (Å²) in [5.74, 6) is 1.74. The lowest BCUT2D eigenvalue weighted by atomic mass is 10.1. The van der Waals surface area contributed by atoms with Gasteiger partial charge in [-0.1, -0.05) is 16.9 Å². The molecule has 1 aromatic carbocycles. The van der Waals surface area contributed by atoms with Gasteiger partial charge >= 0.3 is 0 Å². The fraction of sp³-hybridized carbons (Fsp3) is 0.263. The molecule has 1 N–H and O–H groups in total. The van der Waals surface area contributed by atoms with Crippen molar-refractivity contribution >= 4 is 17.7 Å². The average Bonchev–Trinajstić information content (AvgIpc) is 3.30. The molecule has 0 aliphatic carbocycles. The number of rotatable bonds is 6. The first-order valence-corrected chi connectivity index (χ1v) is 9.58. The summed E-state index contributed by atoms with van der Waals surface area (Å²) in [6.45, 7) is 2.36. The highest BCUT2D eigenvalue weighted by Crippen LogP contribution is 2.33.